The van der Waals surface area contributed by atoms with Crippen molar-refractivity contribution in [3.8, 4) is 22.8 Å². The van der Waals surface area contributed by atoms with Gasteiger partial charge in [0.2, 0.25) is 0 Å². The van der Waals surface area contributed by atoms with Crippen molar-refractivity contribution in [1.29, 1.82) is 0 Å². The van der Waals surface area contributed by atoms with E-state index in [-0.39, 0.29) is 11.5 Å². The molecule has 9 nitrogen and oxygen atoms in total. The van der Waals surface area contributed by atoms with Gasteiger partial charge in [0.15, 0.2) is 11.5 Å². The van der Waals surface area contributed by atoms with Crippen LogP contribution in [0.25, 0.3) is 22.8 Å². The lowest BCUT2D eigenvalue weighted by atomic mass is 10.0. The lowest BCUT2D eigenvalue weighted by Gasteiger charge is -2.08. The van der Waals surface area contributed by atoms with Crippen LogP contribution in [0, 0.1) is 10.1 Å². The van der Waals surface area contributed by atoms with Crippen LogP contribution in [-0.2, 0) is 12.8 Å². The van der Waals surface area contributed by atoms with Crippen LogP contribution >= 0.6 is 0 Å². The third-order valence-electron chi connectivity index (χ3n) is 3.64. The number of aromatic nitrogens is 4. The van der Waals surface area contributed by atoms with E-state index in [0.29, 0.717) is 41.2 Å². The van der Waals surface area contributed by atoms with E-state index in [4.69, 9.17) is 4.63 Å². The lowest BCUT2D eigenvalue weighted by molar-refractivity contribution is -0.384. The average Bonchev–Trinajstić information content (AvgIpc) is 3.12. The predicted molar refractivity (Wildman–Crippen MR) is 72.2 cm³/mol. The number of aryl methyl sites for hydroxylation is 1. The Labute approximate surface area is 122 Å². The summed E-state index contributed by atoms with van der Waals surface area (Å²) in [6.45, 7) is 0. The Balaban J connectivity index is 1.89. The Bertz CT molecular complexity index is 898. The number of nitro groups is 1. The smallest absolute Gasteiger partial charge is 0.270 e. The molecular weight excluding hydrogens is 290 g/mol. The minimum Gasteiger partial charge on any atom is -0.427 e. The number of fused-ring (bicyclic) bond motifs is 3. The molecule has 0 amide bonds. The van der Waals surface area contributed by atoms with Crippen molar-refractivity contribution in [2.75, 3.05) is 0 Å². The van der Waals surface area contributed by atoms with Crippen molar-refractivity contribution in [2.45, 2.75) is 12.8 Å². The third kappa shape index (κ3) is 1.68. The Hall–Kier alpha value is -3.23. The van der Waals surface area contributed by atoms with E-state index >= 15 is 0 Å². The number of benzene rings is 1. The molecule has 4 rings (SSSR count). The van der Waals surface area contributed by atoms with Gasteiger partial charge in [-0.25, -0.2) is 9.61 Å². The highest BCUT2D eigenvalue weighted by molar-refractivity contribution is 5.69. The van der Waals surface area contributed by atoms with Gasteiger partial charge in [0.25, 0.3) is 5.69 Å². The maximum Gasteiger partial charge on any atom is 0.270 e. The Kier molecular flexibility index (Phi) is 2.49. The molecule has 1 aliphatic rings. The molecule has 22 heavy (non-hydrogen) atoms. The number of rotatable bonds is 2. The van der Waals surface area contributed by atoms with Gasteiger partial charge in [-0.2, -0.15) is 4.73 Å². The zero-order chi connectivity index (χ0) is 15.3. The van der Waals surface area contributed by atoms with Crippen molar-refractivity contribution in [3.05, 3.63) is 45.8 Å². The topological polar surface area (TPSA) is 120 Å². The number of hydrogen-bond acceptors (Lipinski definition) is 7. The van der Waals surface area contributed by atoms with E-state index in [9.17, 15) is 15.3 Å². The first kappa shape index (κ1) is 12.5. The van der Waals surface area contributed by atoms with E-state index < -0.39 is 4.92 Å². The van der Waals surface area contributed by atoms with Gasteiger partial charge in [-0.1, -0.05) is 17.3 Å². The molecule has 1 aromatic carbocycles. The second-order valence-corrected chi connectivity index (χ2v) is 4.91. The molecular formula is C13H9N5O4. The molecule has 1 N–H and O–H groups in total. The summed E-state index contributed by atoms with van der Waals surface area (Å²) in [7, 11) is 0. The quantitative estimate of drug-likeness (QED) is 0.435. The second kappa shape index (κ2) is 4.38. The minimum absolute atomic E-state index is 0.0673. The van der Waals surface area contributed by atoms with Gasteiger partial charge < -0.3 is 5.21 Å². The summed E-state index contributed by atoms with van der Waals surface area (Å²) < 4.78 is 5.66. The van der Waals surface area contributed by atoms with Crippen molar-refractivity contribution < 1.29 is 14.8 Å². The zero-order valence-electron chi connectivity index (χ0n) is 11.1. The van der Waals surface area contributed by atoms with Gasteiger partial charge in [0, 0.05) is 24.1 Å². The molecule has 3 aromatic rings. The summed E-state index contributed by atoms with van der Waals surface area (Å²) >= 11 is 0. The summed E-state index contributed by atoms with van der Waals surface area (Å²) in [5, 5.41) is 28.8. The maximum atomic E-state index is 10.9. The van der Waals surface area contributed by atoms with Crippen LogP contribution in [0.3, 0.4) is 0 Å². The highest BCUT2D eigenvalue weighted by Crippen LogP contribution is 2.34. The first-order valence-corrected chi connectivity index (χ1v) is 6.52. The van der Waals surface area contributed by atoms with Gasteiger partial charge in [-0.15, -0.1) is 0 Å². The monoisotopic (exact) mass is 299 g/mol. The van der Waals surface area contributed by atoms with E-state index in [1.165, 1.54) is 12.1 Å². The van der Waals surface area contributed by atoms with Crippen LogP contribution in [0.15, 0.2) is 28.9 Å². The Morgan fingerprint density at radius 1 is 1.27 bits per heavy atom. The summed E-state index contributed by atoms with van der Waals surface area (Å²) in [5.74, 6) is 0.226. The van der Waals surface area contributed by atoms with Crippen molar-refractivity contribution in [3.63, 3.8) is 0 Å². The van der Waals surface area contributed by atoms with E-state index in [1.807, 2.05) is 0 Å². The molecule has 0 spiro atoms. The van der Waals surface area contributed by atoms with Gasteiger partial charge in [0.05, 0.1) is 10.6 Å². The molecule has 2 heterocycles. The highest BCUT2D eigenvalue weighted by Gasteiger charge is 2.29. The molecule has 110 valence electrons. The molecule has 0 aliphatic heterocycles. The highest BCUT2D eigenvalue weighted by atomic mass is 16.6. The first-order chi connectivity index (χ1) is 10.6. The molecule has 0 unspecified atom stereocenters. The van der Waals surface area contributed by atoms with Crippen LogP contribution in [0.2, 0.25) is 0 Å². The molecule has 0 atom stereocenters. The van der Waals surface area contributed by atoms with Crippen LogP contribution in [-0.4, -0.2) is 30.2 Å². The van der Waals surface area contributed by atoms with E-state index in [1.54, 1.807) is 12.1 Å². The Morgan fingerprint density at radius 3 is 2.95 bits per heavy atom. The fraction of sp³-hybridized carbons (Fsp3) is 0.154. The normalized spacial score (nSPS) is 12.7. The number of non-ortho nitro benzene ring substituents is 1. The van der Waals surface area contributed by atoms with Crippen LogP contribution < -0.4 is 0 Å². The predicted octanol–water partition coefficient (Wildman–Crippen LogP) is 1.84. The van der Waals surface area contributed by atoms with Crippen LogP contribution in [0.1, 0.15) is 11.4 Å². The zero-order valence-corrected chi connectivity index (χ0v) is 11.1. The molecule has 9 heteroatoms. The molecule has 0 radical (unpaired) electrons. The fourth-order valence-electron chi connectivity index (χ4n) is 2.59. The number of imidazole rings is 1. The Morgan fingerprint density at radius 2 is 2.14 bits per heavy atom. The summed E-state index contributed by atoms with van der Waals surface area (Å²) in [4.78, 5) is 14.7. The van der Waals surface area contributed by atoms with Gasteiger partial charge in [-0.05, 0) is 11.6 Å². The summed E-state index contributed by atoms with van der Waals surface area (Å²) in [5.41, 5.74) is 2.65. The lowest BCUT2D eigenvalue weighted by Crippen LogP contribution is -2.07. The molecule has 0 fully saturated rings. The SMILES string of the molecule is O=[N+]([O-])c1cccc(-c2nc3c(n2O)CCc2nonc2-3)c1. The number of nitrogens with zero attached hydrogens (tertiary/aromatic N) is 5. The fourth-order valence-corrected chi connectivity index (χ4v) is 2.59. The van der Waals surface area contributed by atoms with Gasteiger partial charge >= 0.3 is 0 Å². The molecule has 0 saturated heterocycles. The molecule has 0 bridgehead atoms. The van der Waals surface area contributed by atoms with Gasteiger partial charge in [0.1, 0.15) is 11.4 Å². The van der Waals surface area contributed by atoms with E-state index in [2.05, 4.69) is 15.3 Å². The summed E-state index contributed by atoms with van der Waals surface area (Å²) in [6, 6.07) is 5.94. The van der Waals surface area contributed by atoms with Gasteiger partial charge in [-0.3, -0.25) is 10.1 Å². The molecule has 1 aliphatic carbocycles. The number of nitro benzene ring substituents is 1. The number of hydrogen-bond donors (Lipinski definition) is 1. The maximum absolute atomic E-state index is 10.9. The van der Waals surface area contributed by atoms with Crippen molar-refractivity contribution in [1.82, 2.24) is 20.0 Å². The second-order valence-electron chi connectivity index (χ2n) is 4.91. The van der Waals surface area contributed by atoms with Crippen molar-refractivity contribution in [2.24, 2.45) is 0 Å². The van der Waals surface area contributed by atoms with Crippen molar-refractivity contribution >= 4 is 5.69 Å². The average molecular weight is 299 g/mol. The summed E-state index contributed by atoms with van der Waals surface area (Å²) in [6.07, 6.45) is 1.13. The molecule has 2 aromatic heterocycles. The third-order valence-corrected chi connectivity index (χ3v) is 3.64. The van der Waals surface area contributed by atoms with Crippen LogP contribution in [0.5, 0.6) is 0 Å². The standard InChI is InChI=1S/C13H9N5O4/c19-17-10-5-4-9-11(16-22-15-9)12(10)14-13(17)7-2-1-3-8(6-7)18(20)21/h1-3,6,19H,4-5H2. The molecule has 0 saturated carbocycles. The largest absolute Gasteiger partial charge is 0.427 e. The minimum atomic E-state index is -0.492. The van der Waals surface area contributed by atoms with E-state index in [0.717, 1.165) is 4.73 Å². The van der Waals surface area contributed by atoms with Crippen LogP contribution in [0.4, 0.5) is 5.69 Å². The first-order valence-electron chi connectivity index (χ1n) is 6.52.